The predicted molar refractivity (Wildman–Crippen MR) is 156 cm³/mol. The van der Waals surface area contributed by atoms with E-state index >= 15 is 0 Å². The summed E-state index contributed by atoms with van der Waals surface area (Å²) in [5, 5.41) is 3.30. The Kier molecular flexibility index (Phi) is 10.9. The zero-order valence-electron chi connectivity index (χ0n) is 22.6. The normalized spacial score (nSPS) is 12.0. The van der Waals surface area contributed by atoms with E-state index < -0.39 is 28.5 Å². The van der Waals surface area contributed by atoms with Crippen molar-refractivity contribution in [2.24, 2.45) is 0 Å². The number of halogens is 1. The minimum atomic E-state index is -4.12. The number of unbranched alkanes of at least 4 members (excludes halogenated alkanes) is 1. The van der Waals surface area contributed by atoms with Crippen LogP contribution < -0.4 is 9.62 Å². The standard InChI is InChI=1S/C30H36ClN3O4S/c1-4-5-20-32-30(36)24(3)33(21-19-25-9-7-6-8-10-25)29(35)22-34(27-15-11-23(2)12-16-27)39(37,38)28-17-13-26(31)14-18-28/h6-18,24H,4-5,19-22H2,1-3H3,(H,32,36)/t24-/m0/s1. The quantitative estimate of drug-likeness (QED) is 0.286. The summed E-state index contributed by atoms with van der Waals surface area (Å²) < 4.78 is 28.6. The van der Waals surface area contributed by atoms with Crippen molar-refractivity contribution in [1.29, 1.82) is 0 Å². The van der Waals surface area contributed by atoms with Crippen molar-refractivity contribution in [3.05, 3.63) is 95.0 Å². The van der Waals surface area contributed by atoms with Gasteiger partial charge in [-0.05, 0) is 68.7 Å². The lowest BCUT2D eigenvalue weighted by Crippen LogP contribution is -2.52. The van der Waals surface area contributed by atoms with Gasteiger partial charge in [0.25, 0.3) is 10.0 Å². The van der Waals surface area contributed by atoms with Crippen molar-refractivity contribution in [3.8, 4) is 0 Å². The second-order valence-electron chi connectivity index (χ2n) is 9.44. The number of hydrogen-bond acceptors (Lipinski definition) is 4. The predicted octanol–water partition coefficient (Wildman–Crippen LogP) is 5.22. The van der Waals surface area contributed by atoms with Gasteiger partial charge in [-0.2, -0.15) is 0 Å². The van der Waals surface area contributed by atoms with E-state index in [2.05, 4.69) is 5.32 Å². The van der Waals surface area contributed by atoms with Gasteiger partial charge in [-0.3, -0.25) is 13.9 Å². The number of carbonyl (C=O) groups excluding carboxylic acids is 2. The molecule has 3 aromatic rings. The summed E-state index contributed by atoms with van der Waals surface area (Å²) in [6.45, 7) is 5.92. The maximum Gasteiger partial charge on any atom is 0.264 e. The van der Waals surface area contributed by atoms with Gasteiger partial charge in [0, 0.05) is 18.1 Å². The number of hydrogen-bond donors (Lipinski definition) is 1. The summed E-state index contributed by atoms with van der Waals surface area (Å²) in [5.74, 6) is -0.741. The van der Waals surface area contributed by atoms with Gasteiger partial charge in [0.15, 0.2) is 0 Å². The number of amides is 2. The average Bonchev–Trinajstić information content (AvgIpc) is 2.93. The number of nitrogens with one attached hydrogen (secondary N) is 1. The molecule has 39 heavy (non-hydrogen) atoms. The molecule has 3 rings (SSSR count). The lowest BCUT2D eigenvalue weighted by Gasteiger charge is -2.32. The van der Waals surface area contributed by atoms with E-state index in [1.54, 1.807) is 31.2 Å². The minimum absolute atomic E-state index is 0.0152. The Morgan fingerprint density at radius 1 is 0.949 bits per heavy atom. The Morgan fingerprint density at radius 3 is 2.21 bits per heavy atom. The summed E-state index contributed by atoms with van der Waals surface area (Å²) >= 11 is 5.99. The number of anilines is 1. The highest BCUT2D eigenvalue weighted by atomic mass is 35.5. The van der Waals surface area contributed by atoms with Crippen molar-refractivity contribution < 1.29 is 18.0 Å². The van der Waals surface area contributed by atoms with E-state index in [9.17, 15) is 18.0 Å². The summed E-state index contributed by atoms with van der Waals surface area (Å²) in [7, 11) is -4.12. The van der Waals surface area contributed by atoms with Crippen LogP contribution in [0.3, 0.4) is 0 Å². The van der Waals surface area contributed by atoms with Crippen LogP contribution in [0.2, 0.25) is 5.02 Å². The van der Waals surface area contributed by atoms with Crippen molar-refractivity contribution >= 4 is 39.1 Å². The Bertz CT molecular complexity index is 1330. The molecular formula is C30H36ClN3O4S. The Labute approximate surface area is 236 Å². The van der Waals surface area contributed by atoms with Crippen LogP contribution in [0.15, 0.2) is 83.8 Å². The number of rotatable bonds is 13. The van der Waals surface area contributed by atoms with Crippen molar-refractivity contribution in [1.82, 2.24) is 10.2 Å². The van der Waals surface area contributed by atoms with Gasteiger partial charge in [0.1, 0.15) is 12.6 Å². The van der Waals surface area contributed by atoms with E-state index in [0.29, 0.717) is 23.7 Å². The molecule has 0 aromatic heterocycles. The van der Waals surface area contributed by atoms with Crippen molar-refractivity contribution in [3.63, 3.8) is 0 Å². The molecule has 2 amide bonds. The van der Waals surface area contributed by atoms with Gasteiger partial charge in [0.05, 0.1) is 10.6 Å². The molecule has 0 saturated carbocycles. The molecule has 0 radical (unpaired) electrons. The average molecular weight is 570 g/mol. The lowest BCUT2D eigenvalue weighted by atomic mass is 10.1. The van der Waals surface area contributed by atoms with Gasteiger partial charge in [-0.25, -0.2) is 8.42 Å². The molecule has 0 heterocycles. The molecule has 3 aromatic carbocycles. The maximum atomic E-state index is 13.8. The third-order valence-corrected chi connectivity index (χ3v) is 8.52. The SMILES string of the molecule is CCCCNC(=O)[C@H](C)N(CCc1ccccc1)C(=O)CN(c1ccc(C)cc1)S(=O)(=O)c1ccc(Cl)cc1. The van der Waals surface area contributed by atoms with Crippen LogP contribution in [0.1, 0.15) is 37.8 Å². The number of benzene rings is 3. The van der Waals surface area contributed by atoms with E-state index in [1.807, 2.05) is 44.2 Å². The first-order chi connectivity index (χ1) is 18.6. The van der Waals surface area contributed by atoms with E-state index in [0.717, 1.165) is 28.3 Å². The fraction of sp³-hybridized carbons (Fsp3) is 0.333. The van der Waals surface area contributed by atoms with E-state index in [4.69, 9.17) is 11.6 Å². The Balaban J connectivity index is 1.94. The minimum Gasteiger partial charge on any atom is -0.354 e. The van der Waals surface area contributed by atoms with Crippen molar-refractivity contribution in [2.45, 2.75) is 51.0 Å². The number of sulfonamides is 1. The maximum absolute atomic E-state index is 13.8. The molecule has 0 spiro atoms. The molecule has 9 heteroatoms. The monoisotopic (exact) mass is 569 g/mol. The van der Waals surface area contributed by atoms with Crippen LogP contribution in [-0.2, 0) is 26.0 Å². The van der Waals surface area contributed by atoms with Gasteiger partial charge < -0.3 is 10.2 Å². The first-order valence-electron chi connectivity index (χ1n) is 13.1. The smallest absolute Gasteiger partial charge is 0.264 e. The van der Waals surface area contributed by atoms with Gasteiger partial charge in [0.2, 0.25) is 11.8 Å². The van der Waals surface area contributed by atoms with Crippen LogP contribution in [0, 0.1) is 6.92 Å². The molecule has 0 saturated heterocycles. The largest absolute Gasteiger partial charge is 0.354 e. The molecule has 7 nitrogen and oxygen atoms in total. The van der Waals surface area contributed by atoms with Crippen LogP contribution in [0.5, 0.6) is 0 Å². The summed E-state index contributed by atoms with van der Waals surface area (Å²) in [6, 6.07) is 21.6. The molecule has 0 aliphatic rings. The van der Waals surface area contributed by atoms with Gasteiger partial charge in [-0.15, -0.1) is 0 Å². The highest BCUT2D eigenvalue weighted by Crippen LogP contribution is 2.25. The molecule has 0 aliphatic carbocycles. The summed E-state index contributed by atoms with van der Waals surface area (Å²) in [6.07, 6.45) is 2.28. The molecule has 0 aliphatic heterocycles. The topological polar surface area (TPSA) is 86.8 Å². The molecule has 1 N–H and O–H groups in total. The second-order valence-corrected chi connectivity index (χ2v) is 11.7. The summed E-state index contributed by atoms with van der Waals surface area (Å²) in [5.41, 5.74) is 2.32. The van der Waals surface area contributed by atoms with E-state index in [-0.39, 0.29) is 17.3 Å². The fourth-order valence-corrected chi connectivity index (χ4v) is 5.62. The number of carbonyl (C=O) groups is 2. The summed E-state index contributed by atoms with van der Waals surface area (Å²) in [4.78, 5) is 28.3. The molecule has 0 fully saturated rings. The molecule has 208 valence electrons. The van der Waals surface area contributed by atoms with E-state index in [1.165, 1.54) is 29.2 Å². The molecule has 0 unspecified atom stereocenters. The highest BCUT2D eigenvalue weighted by Gasteiger charge is 2.32. The third kappa shape index (κ3) is 8.31. The Hall–Kier alpha value is -3.36. The molecular weight excluding hydrogens is 534 g/mol. The zero-order valence-corrected chi connectivity index (χ0v) is 24.2. The van der Waals surface area contributed by atoms with Crippen LogP contribution >= 0.6 is 11.6 Å². The zero-order chi connectivity index (χ0) is 28.4. The molecule has 0 bridgehead atoms. The lowest BCUT2D eigenvalue weighted by molar-refractivity contribution is -0.138. The van der Waals surface area contributed by atoms with Crippen LogP contribution in [-0.4, -0.2) is 50.8 Å². The highest BCUT2D eigenvalue weighted by molar-refractivity contribution is 7.92. The Morgan fingerprint density at radius 2 is 1.59 bits per heavy atom. The van der Waals surface area contributed by atoms with Gasteiger partial charge >= 0.3 is 0 Å². The van der Waals surface area contributed by atoms with Crippen LogP contribution in [0.25, 0.3) is 0 Å². The number of aryl methyl sites for hydroxylation is 1. The molecule has 1 atom stereocenters. The van der Waals surface area contributed by atoms with Gasteiger partial charge in [-0.1, -0.05) is 73.0 Å². The van der Waals surface area contributed by atoms with Crippen LogP contribution in [0.4, 0.5) is 5.69 Å². The third-order valence-electron chi connectivity index (χ3n) is 6.48. The first kappa shape index (κ1) is 30.2. The number of nitrogens with zero attached hydrogens (tertiary/aromatic N) is 2. The van der Waals surface area contributed by atoms with Crippen molar-refractivity contribution in [2.75, 3.05) is 23.9 Å². The fourth-order valence-electron chi connectivity index (χ4n) is 4.08. The second kappa shape index (κ2) is 14.1. The first-order valence-corrected chi connectivity index (χ1v) is 14.9.